The van der Waals surface area contributed by atoms with E-state index in [0.717, 1.165) is 39.4 Å². The van der Waals surface area contributed by atoms with Gasteiger partial charge in [-0.25, -0.2) is 0 Å². The summed E-state index contributed by atoms with van der Waals surface area (Å²) >= 11 is 0. The summed E-state index contributed by atoms with van der Waals surface area (Å²) in [5.74, 6) is 0. The zero-order valence-corrected chi connectivity index (χ0v) is 31.8. The van der Waals surface area contributed by atoms with Crippen LogP contribution in [0.3, 0.4) is 0 Å². The summed E-state index contributed by atoms with van der Waals surface area (Å²) in [5, 5.41) is 3.32. The Morgan fingerprint density at radius 3 is 1.78 bits per heavy atom. The number of rotatable bonds is 12. The van der Waals surface area contributed by atoms with Gasteiger partial charge in [0.25, 0.3) is 0 Å². The Kier molecular flexibility index (Phi) is 11.5. The molecule has 0 amide bonds. The Hall–Kier alpha value is -6.90. The Morgan fingerprint density at radius 2 is 1.04 bits per heavy atom. The quantitative estimate of drug-likeness (QED) is 0.127. The molecule has 1 N–H and O–H groups in total. The second-order valence-electron chi connectivity index (χ2n) is 13.8. The molecule has 0 saturated carbocycles. The lowest BCUT2D eigenvalue weighted by Crippen LogP contribution is -2.10. The van der Waals surface area contributed by atoms with Crippen molar-refractivity contribution >= 4 is 28.8 Å². The highest BCUT2D eigenvalue weighted by Gasteiger charge is 2.16. The molecule has 268 valence electrons. The lowest BCUT2D eigenvalue weighted by molar-refractivity contribution is 1.22. The molecule has 7 rings (SSSR count). The first kappa shape index (κ1) is 36.5. The summed E-state index contributed by atoms with van der Waals surface area (Å²) in [6.07, 6.45) is 12.1. The fraction of sp³-hybridized carbons (Fsp3) is 0.0566. The Morgan fingerprint density at radius 1 is 0.455 bits per heavy atom. The maximum Gasteiger partial charge on any atom is 0.0467 e. The predicted molar refractivity (Wildman–Crippen MR) is 238 cm³/mol. The number of benzene rings is 7. The van der Waals surface area contributed by atoms with Gasteiger partial charge in [0.05, 0.1) is 0 Å². The van der Waals surface area contributed by atoms with Gasteiger partial charge in [-0.15, -0.1) is 0 Å². The van der Waals surface area contributed by atoms with Crippen LogP contribution in [0.2, 0.25) is 0 Å². The summed E-state index contributed by atoms with van der Waals surface area (Å²) in [5.41, 5.74) is 17.4. The van der Waals surface area contributed by atoms with Crippen molar-refractivity contribution in [1.82, 2.24) is 5.32 Å². The van der Waals surface area contributed by atoms with Gasteiger partial charge in [0.2, 0.25) is 0 Å². The molecular weight excluding hydrogens is 665 g/mol. The van der Waals surface area contributed by atoms with Crippen molar-refractivity contribution in [3.05, 3.63) is 235 Å². The monoisotopic (exact) mass is 710 g/mol. The minimum Gasteiger partial charge on any atom is -0.362 e. The van der Waals surface area contributed by atoms with Crippen molar-refractivity contribution in [2.45, 2.75) is 20.8 Å². The van der Waals surface area contributed by atoms with Crippen LogP contribution in [0.25, 0.3) is 45.2 Å². The summed E-state index contributed by atoms with van der Waals surface area (Å²) < 4.78 is 0. The van der Waals surface area contributed by atoms with Crippen LogP contribution in [-0.4, -0.2) is 0 Å². The number of allylic oxidation sites excluding steroid dienone is 4. The van der Waals surface area contributed by atoms with Gasteiger partial charge in [0.15, 0.2) is 0 Å². The number of hydrogen-bond acceptors (Lipinski definition) is 2. The molecule has 2 heteroatoms. The zero-order chi connectivity index (χ0) is 38.0. The van der Waals surface area contributed by atoms with Crippen LogP contribution >= 0.6 is 0 Å². The lowest BCUT2D eigenvalue weighted by Gasteiger charge is -2.27. The third-order valence-corrected chi connectivity index (χ3v) is 9.96. The smallest absolute Gasteiger partial charge is 0.0467 e. The summed E-state index contributed by atoms with van der Waals surface area (Å²) in [4.78, 5) is 2.35. The molecule has 0 aliphatic rings. The molecule has 0 aromatic heterocycles. The minimum atomic E-state index is 0.843. The summed E-state index contributed by atoms with van der Waals surface area (Å²) in [6, 6.07) is 60.6. The van der Waals surface area contributed by atoms with Gasteiger partial charge in [-0.1, -0.05) is 164 Å². The van der Waals surface area contributed by atoms with Crippen LogP contribution in [0.4, 0.5) is 17.1 Å². The van der Waals surface area contributed by atoms with Gasteiger partial charge in [-0.2, -0.15) is 0 Å². The normalized spacial score (nSPS) is 11.4. The van der Waals surface area contributed by atoms with E-state index in [-0.39, 0.29) is 0 Å². The van der Waals surface area contributed by atoms with Crippen molar-refractivity contribution in [2.24, 2.45) is 0 Å². The highest BCUT2D eigenvalue weighted by Crippen LogP contribution is 2.39. The van der Waals surface area contributed by atoms with Gasteiger partial charge in [-0.05, 0) is 124 Å². The van der Waals surface area contributed by atoms with E-state index in [4.69, 9.17) is 0 Å². The predicted octanol–water partition coefficient (Wildman–Crippen LogP) is 14.4. The van der Waals surface area contributed by atoms with Crippen molar-refractivity contribution in [3.63, 3.8) is 0 Å². The highest BCUT2D eigenvalue weighted by atomic mass is 15.1. The van der Waals surface area contributed by atoms with Crippen molar-refractivity contribution < 1.29 is 0 Å². The molecule has 0 saturated heterocycles. The number of aryl methyl sites for hydroxylation is 3. The SMILES string of the molecule is C=C(N/C=C/C=C\C=C/c1ccccc1C)c1ccc(-c2cccc(N(c3ccc(-c4ccccc4)cc3)c3ccc(-c4ccccc4C)c(C)c3)c2)cc1. The van der Waals surface area contributed by atoms with E-state index >= 15 is 0 Å². The van der Waals surface area contributed by atoms with Crippen LogP contribution in [-0.2, 0) is 0 Å². The molecule has 0 atom stereocenters. The first-order valence-electron chi connectivity index (χ1n) is 18.8. The van der Waals surface area contributed by atoms with Gasteiger partial charge >= 0.3 is 0 Å². The summed E-state index contributed by atoms with van der Waals surface area (Å²) in [6.45, 7) is 10.8. The standard InChI is InChI=1S/C53H46N2/c1-39-17-11-13-20-43(39)19-8-5-6-15-36-54-42(4)44-26-28-47(29-27-44)48-23-16-24-50(38-48)55(49-32-30-46(31-33-49)45-21-9-7-10-22-45)51-34-35-53(41(3)37-51)52-25-14-12-18-40(52)2/h5-38,54H,4H2,1-3H3/b6-5-,19-8-,36-15+. The van der Waals surface area contributed by atoms with Crippen molar-refractivity contribution in [2.75, 3.05) is 4.90 Å². The number of nitrogens with one attached hydrogen (secondary N) is 1. The molecule has 0 aliphatic carbocycles. The van der Waals surface area contributed by atoms with Crippen LogP contribution in [0, 0.1) is 20.8 Å². The molecular formula is C53H46N2. The molecule has 0 spiro atoms. The molecule has 0 bridgehead atoms. The highest BCUT2D eigenvalue weighted by molar-refractivity contribution is 5.83. The summed E-state index contributed by atoms with van der Waals surface area (Å²) in [7, 11) is 0. The maximum absolute atomic E-state index is 4.27. The van der Waals surface area contributed by atoms with Crippen molar-refractivity contribution in [1.29, 1.82) is 0 Å². The van der Waals surface area contributed by atoms with Gasteiger partial charge in [0, 0.05) is 29.0 Å². The van der Waals surface area contributed by atoms with Gasteiger partial charge < -0.3 is 10.2 Å². The van der Waals surface area contributed by atoms with Gasteiger partial charge in [-0.3, -0.25) is 0 Å². The van der Waals surface area contributed by atoms with E-state index in [1.165, 1.54) is 44.5 Å². The van der Waals surface area contributed by atoms with E-state index in [0.29, 0.717) is 0 Å². The van der Waals surface area contributed by atoms with E-state index in [1.807, 2.05) is 24.4 Å². The third-order valence-electron chi connectivity index (χ3n) is 9.96. The molecule has 0 aliphatic heterocycles. The molecule has 0 unspecified atom stereocenters. The van der Waals surface area contributed by atoms with E-state index in [1.54, 1.807) is 0 Å². The van der Waals surface area contributed by atoms with Crippen molar-refractivity contribution in [3.8, 4) is 33.4 Å². The first-order valence-corrected chi connectivity index (χ1v) is 18.8. The van der Waals surface area contributed by atoms with Crippen LogP contribution < -0.4 is 10.2 Å². The number of hydrogen-bond donors (Lipinski definition) is 1. The Labute approximate surface area is 326 Å². The molecule has 0 radical (unpaired) electrons. The van der Waals surface area contributed by atoms with Crippen LogP contribution in [0.15, 0.2) is 207 Å². The first-order chi connectivity index (χ1) is 26.9. The molecule has 7 aromatic rings. The molecule has 55 heavy (non-hydrogen) atoms. The van der Waals surface area contributed by atoms with E-state index < -0.39 is 0 Å². The zero-order valence-electron chi connectivity index (χ0n) is 31.8. The Balaban J connectivity index is 1.12. The average molecular weight is 711 g/mol. The number of anilines is 3. The van der Waals surface area contributed by atoms with Crippen LogP contribution in [0.1, 0.15) is 27.8 Å². The topological polar surface area (TPSA) is 15.3 Å². The molecule has 2 nitrogen and oxygen atoms in total. The molecule has 7 aromatic carbocycles. The average Bonchev–Trinajstić information content (AvgIpc) is 3.22. The minimum absolute atomic E-state index is 0.843. The third kappa shape index (κ3) is 8.84. The largest absolute Gasteiger partial charge is 0.362 e. The molecule has 0 fully saturated rings. The van der Waals surface area contributed by atoms with E-state index in [2.05, 4.69) is 220 Å². The molecule has 0 heterocycles. The maximum atomic E-state index is 4.27. The van der Waals surface area contributed by atoms with Crippen LogP contribution in [0.5, 0.6) is 0 Å². The van der Waals surface area contributed by atoms with E-state index in [9.17, 15) is 0 Å². The Bertz CT molecular complexity index is 2480. The second kappa shape index (κ2) is 17.3. The lowest BCUT2D eigenvalue weighted by atomic mass is 9.96. The fourth-order valence-electron chi connectivity index (χ4n) is 6.88. The fourth-order valence-corrected chi connectivity index (χ4v) is 6.88. The van der Waals surface area contributed by atoms with Gasteiger partial charge in [0.1, 0.15) is 0 Å². The number of nitrogens with zero attached hydrogens (tertiary/aromatic N) is 1. The second-order valence-corrected chi connectivity index (χ2v) is 13.8.